The van der Waals surface area contributed by atoms with E-state index in [-0.39, 0.29) is 17.8 Å². The fourth-order valence-corrected chi connectivity index (χ4v) is 2.95. The molecule has 2 aliphatic heterocycles. The molecule has 0 radical (unpaired) electrons. The molecule has 3 nitrogen and oxygen atoms in total. The normalized spacial score (nSPS) is 29.3. The lowest BCUT2D eigenvalue weighted by Crippen LogP contribution is -2.43. The molecule has 1 N–H and O–H groups in total. The van der Waals surface area contributed by atoms with E-state index >= 15 is 0 Å². The second-order valence-electron chi connectivity index (χ2n) is 5.01. The molecule has 2 heterocycles. The minimum Gasteiger partial charge on any atom is -0.339 e. The van der Waals surface area contributed by atoms with Crippen LogP contribution in [-0.4, -0.2) is 36.5 Å². The van der Waals surface area contributed by atoms with Crippen LogP contribution in [0, 0.1) is 5.41 Å². The molecule has 0 aromatic carbocycles. The van der Waals surface area contributed by atoms with Crippen molar-refractivity contribution in [3.63, 3.8) is 0 Å². The Morgan fingerprint density at radius 1 is 1.20 bits per heavy atom. The number of hydrogen-bond acceptors (Lipinski definition) is 2. The third-order valence-electron chi connectivity index (χ3n) is 4.09. The van der Waals surface area contributed by atoms with E-state index in [1.54, 1.807) is 0 Å². The van der Waals surface area contributed by atoms with Gasteiger partial charge in [-0.25, -0.2) is 0 Å². The molecule has 1 aliphatic carbocycles. The zero-order chi connectivity index (χ0) is 9.60. The highest BCUT2D eigenvalue weighted by Crippen LogP contribution is 2.43. The fourth-order valence-electron chi connectivity index (χ4n) is 2.95. The Kier molecular flexibility index (Phi) is 2.95. The number of hydrogen-bond donors (Lipinski definition) is 1. The molecule has 0 bridgehead atoms. The first-order valence-corrected chi connectivity index (χ1v) is 5.84. The second kappa shape index (κ2) is 3.95. The van der Waals surface area contributed by atoms with Crippen molar-refractivity contribution in [3.05, 3.63) is 0 Å². The van der Waals surface area contributed by atoms with E-state index < -0.39 is 0 Å². The number of carbonyl (C=O) groups is 1. The average Bonchev–Trinajstić information content (AvgIpc) is 3.00. The van der Waals surface area contributed by atoms with Gasteiger partial charge in [-0.15, -0.1) is 12.4 Å². The predicted molar refractivity (Wildman–Crippen MR) is 61.1 cm³/mol. The van der Waals surface area contributed by atoms with Gasteiger partial charge in [0, 0.05) is 12.6 Å². The van der Waals surface area contributed by atoms with Crippen molar-refractivity contribution >= 4 is 18.3 Å². The highest BCUT2D eigenvalue weighted by Gasteiger charge is 2.50. The Labute approximate surface area is 97.0 Å². The maximum absolute atomic E-state index is 12.3. The Bertz CT molecular complexity index is 259. The van der Waals surface area contributed by atoms with Crippen molar-refractivity contribution < 1.29 is 4.79 Å². The van der Waals surface area contributed by atoms with Crippen LogP contribution in [0.3, 0.4) is 0 Å². The molecule has 1 saturated carbocycles. The molecule has 3 rings (SSSR count). The largest absolute Gasteiger partial charge is 0.339 e. The number of nitrogens with one attached hydrogen (secondary N) is 1. The Morgan fingerprint density at radius 3 is 2.47 bits per heavy atom. The van der Waals surface area contributed by atoms with Crippen LogP contribution in [0.25, 0.3) is 0 Å². The highest BCUT2D eigenvalue weighted by molar-refractivity contribution is 5.85. The summed E-state index contributed by atoms with van der Waals surface area (Å²) in [5, 5.41) is 3.35. The molecule has 86 valence electrons. The molecule has 1 amide bonds. The van der Waals surface area contributed by atoms with Crippen LogP contribution in [-0.2, 0) is 4.79 Å². The van der Waals surface area contributed by atoms with Crippen LogP contribution in [0.1, 0.15) is 32.1 Å². The molecule has 4 heteroatoms. The topological polar surface area (TPSA) is 32.3 Å². The standard InChI is InChI=1S/C11H18N2O.ClH/c14-10-11(3-6-12-7-4-11)5-8-13(10)9-1-2-9;/h9,12H,1-8H2;1H. The van der Waals surface area contributed by atoms with Crippen LogP contribution < -0.4 is 5.32 Å². The molecule has 0 aromatic heterocycles. The summed E-state index contributed by atoms with van der Waals surface area (Å²) >= 11 is 0. The van der Waals surface area contributed by atoms with Crippen LogP contribution >= 0.6 is 12.4 Å². The second-order valence-corrected chi connectivity index (χ2v) is 5.01. The van der Waals surface area contributed by atoms with Crippen molar-refractivity contribution in [1.29, 1.82) is 0 Å². The van der Waals surface area contributed by atoms with E-state index in [9.17, 15) is 4.79 Å². The number of amides is 1. The number of nitrogens with zero attached hydrogens (tertiary/aromatic N) is 1. The minimum absolute atomic E-state index is 0. The van der Waals surface area contributed by atoms with Crippen molar-refractivity contribution in [2.75, 3.05) is 19.6 Å². The van der Waals surface area contributed by atoms with E-state index in [2.05, 4.69) is 10.2 Å². The zero-order valence-electron chi connectivity index (χ0n) is 9.00. The summed E-state index contributed by atoms with van der Waals surface area (Å²) in [7, 11) is 0. The molecule has 3 aliphatic rings. The van der Waals surface area contributed by atoms with Gasteiger partial charge in [-0.1, -0.05) is 0 Å². The fraction of sp³-hybridized carbons (Fsp3) is 0.909. The molecule has 2 saturated heterocycles. The lowest BCUT2D eigenvalue weighted by Gasteiger charge is -2.32. The number of piperidine rings is 1. The van der Waals surface area contributed by atoms with E-state index in [1.807, 2.05) is 0 Å². The first-order valence-electron chi connectivity index (χ1n) is 5.84. The first-order chi connectivity index (χ1) is 6.82. The molecule has 15 heavy (non-hydrogen) atoms. The third kappa shape index (κ3) is 1.76. The number of halogens is 1. The predicted octanol–water partition coefficient (Wildman–Crippen LogP) is 1.17. The molecular weight excluding hydrogens is 212 g/mol. The molecule has 0 atom stereocenters. The van der Waals surface area contributed by atoms with Crippen molar-refractivity contribution in [3.8, 4) is 0 Å². The average molecular weight is 231 g/mol. The van der Waals surface area contributed by atoms with Gasteiger partial charge in [0.25, 0.3) is 0 Å². The Balaban J connectivity index is 0.000000853. The number of carbonyl (C=O) groups excluding carboxylic acids is 1. The molecule has 3 fully saturated rings. The maximum atomic E-state index is 12.3. The summed E-state index contributed by atoms with van der Waals surface area (Å²) in [6.45, 7) is 3.10. The van der Waals surface area contributed by atoms with Crippen molar-refractivity contribution in [2.24, 2.45) is 5.41 Å². The summed E-state index contributed by atoms with van der Waals surface area (Å²) in [6.07, 6.45) is 5.74. The van der Waals surface area contributed by atoms with Gasteiger partial charge in [0.15, 0.2) is 0 Å². The van der Waals surface area contributed by atoms with Crippen LogP contribution in [0.2, 0.25) is 0 Å². The smallest absolute Gasteiger partial charge is 0.229 e. The summed E-state index contributed by atoms with van der Waals surface area (Å²) < 4.78 is 0. The lowest BCUT2D eigenvalue weighted by molar-refractivity contribution is -0.137. The van der Waals surface area contributed by atoms with E-state index in [1.165, 1.54) is 12.8 Å². The summed E-state index contributed by atoms with van der Waals surface area (Å²) in [5.74, 6) is 0.474. The van der Waals surface area contributed by atoms with Gasteiger partial charge in [0.2, 0.25) is 5.91 Å². The van der Waals surface area contributed by atoms with E-state index in [4.69, 9.17) is 0 Å². The van der Waals surface area contributed by atoms with Gasteiger partial charge in [0.05, 0.1) is 5.41 Å². The summed E-state index contributed by atoms with van der Waals surface area (Å²) in [4.78, 5) is 14.4. The number of likely N-dealkylation sites (tertiary alicyclic amines) is 1. The van der Waals surface area contributed by atoms with Crippen LogP contribution in [0.5, 0.6) is 0 Å². The van der Waals surface area contributed by atoms with E-state index in [0.29, 0.717) is 11.9 Å². The third-order valence-corrected chi connectivity index (χ3v) is 4.09. The molecular formula is C11H19ClN2O. The Morgan fingerprint density at radius 2 is 1.87 bits per heavy atom. The Hall–Kier alpha value is -0.280. The molecule has 0 aromatic rings. The van der Waals surface area contributed by atoms with Gasteiger partial charge in [-0.05, 0) is 45.2 Å². The quantitative estimate of drug-likeness (QED) is 0.734. The zero-order valence-corrected chi connectivity index (χ0v) is 9.81. The van der Waals surface area contributed by atoms with Gasteiger partial charge in [-0.3, -0.25) is 4.79 Å². The SMILES string of the molecule is Cl.O=C1N(C2CC2)CCC12CCNCC2. The minimum atomic E-state index is 0. The van der Waals surface area contributed by atoms with Crippen LogP contribution in [0.15, 0.2) is 0 Å². The molecule has 0 unspecified atom stereocenters. The lowest BCUT2D eigenvalue weighted by atomic mass is 9.78. The first kappa shape index (κ1) is 11.2. The maximum Gasteiger partial charge on any atom is 0.229 e. The van der Waals surface area contributed by atoms with Gasteiger partial charge >= 0.3 is 0 Å². The summed E-state index contributed by atoms with van der Waals surface area (Å²) in [6, 6.07) is 0.622. The van der Waals surface area contributed by atoms with Crippen molar-refractivity contribution in [2.45, 2.75) is 38.1 Å². The monoisotopic (exact) mass is 230 g/mol. The van der Waals surface area contributed by atoms with Crippen molar-refractivity contribution in [1.82, 2.24) is 10.2 Å². The van der Waals surface area contributed by atoms with E-state index in [0.717, 1.165) is 38.9 Å². The van der Waals surface area contributed by atoms with Gasteiger partial charge in [0.1, 0.15) is 0 Å². The summed E-state index contributed by atoms with van der Waals surface area (Å²) in [5.41, 5.74) is 0.0494. The molecule has 1 spiro atoms. The van der Waals surface area contributed by atoms with Gasteiger partial charge in [-0.2, -0.15) is 0 Å². The number of rotatable bonds is 1. The van der Waals surface area contributed by atoms with Gasteiger partial charge < -0.3 is 10.2 Å². The van der Waals surface area contributed by atoms with Crippen LogP contribution in [0.4, 0.5) is 0 Å². The highest BCUT2D eigenvalue weighted by atomic mass is 35.5.